The van der Waals surface area contributed by atoms with E-state index >= 15 is 0 Å². The van der Waals surface area contributed by atoms with Crippen LogP contribution in [0.3, 0.4) is 0 Å². The average molecular weight is 273 g/mol. The minimum atomic E-state index is -0.484. The van der Waals surface area contributed by atoms with E-state index in [4.69, 9.17) is 5.73 Å². The lowest BCUT2D eigenvalue weighted by Gasteiger charge is -2.02. The Kier molecular flexibility index (Phi) is 3.69. The van der Waals surface area contributed by atoms with Crippen molar-refractivity contribution in [2.45, 2.75) is 6.92 Å². The van der Waals surface area contributed by atoms with Gasteiger partial charge in [-0.15, -0.1) is 0 Å². The highest BCUT2D eigenvalue weighted by molar-refractivity contribution is 6.07. The maximum atomic E-state index is 11.9. The number of nitrogens with zero attached hydrogens (tertiary/aromatic N) is 1. The minimum absolute atomic E-state index is 0.0377. The molecule has 0 radical (unpaired) electrons. The van der Waals surface area contributed by atoms with Gasteiger partial charge in [-0.05, 0) is 18.2 Å². The van der Waals surface area contributed by atoms with Crippen molar-refractivity contribution in [3.63, 3.8) is 0 Å². The number of rotatable bonds is 2. The molecule has 5 N–H and O–H groups in total. The lowest BCUT2D eigenvalue weighted by Crippen LogP contribution is -2.28. The van der Waals surface area contributed by atoms with Crippen LogP contribution in [0.5, 0.6) is 0 Å². The SMILES string of the molecule is CNC(N)=NC(=O)c1cc2c(NC(C)=O)cccc2[nH]1. The standard InChI is InChI=1S/C13H15N5O2/c1-7(19)16-9-4-3-5-10-8(9)6-11(17-10)12(20)18-13(14)15-2/h3-6,17H,1-2H3,(H,16,19)(H3,14,15,18,20). The quantitative estimate of drug-likeness (QED) is 0.479. The Labute approximate surface area is 115 Å². The number of carbonyl (C=O) groups is 2. The number of aromatic nitrogens is 1. The highest BCUT2D eigenvalue weighted by Crippen LogP contribution is 2.24. The third kappa shape index (κ3) is 2.77. The number of anilines is 1. The Morgan fingerprint density at radius 1 is 1.35 bits per heavy atom. The molecule has 1 aromatic heterocycles. The van der Waals surface area contributed by atoms with Crippen molar-refractivity contribution < 1.29 is 9.59 Å². The zero-order valence-electron chi connectivity index (χ0n) is 11.2. The van der Waals surface area contributed by atoms with Gasteiger partial charge < -0.3 is 21.4 Å². The van der Waals surface area contributed by atoms with E-state index < -0.39 is 5.91 Å². The first kappa shape index (κ1) is 13.6. The van der Waals surface area contributed by atoms with Crippen LogP contribution < -0.4 is 16.4 Å². The van der Waals surface area contributed by atoms with Crippen molar-refractivity contribution in [2.75, 3.05) is 12.4 Å². The van der Waals surface area contributed by atoms with Gasteiger partial charge in [0.15, 0.2) is 5.96 Å². The van der Waals surface area contributed by atoms with Gasteiger partial charge in [0, 0.05) is 24.9 Å². The monoisotopic (exact) mass is 273 g/mol. The molecule has 20 heavy (non-hydrogen) atoms. The number of hydrogen-bond donors (Lipinski definition) is 4. The normalized spacial score (nSPS) is 11.4. The summed E-state index contributed by atoms with van der Waals surface area (Å²) in [5.74, 6) is -0.624. The summed E-state index contributed by atoms with van der Waals surface area (Å²) in [6.07, 6.45) is 0. The second-order valence-electron chi connectivity index (χ2n) is 4.18. The summed E-state index contributed by atoms with van der Waals surface area (Å²) in [6, 6.07) is 6.98. The Morgan fingerprint density at radius 3 is 2.75 bits per heavy atom. The first-order chi connectivity index (χ1) is 9.51. The molecule has 0 bridgehead atoms. The summed E-state index contributed by atoms with van der Waals surface area (Å²) in [6.45, 7) is 1.43. The molecular formula is C13H15N5O2. The van der Waals surface area contributed by atoms with Crippen LogP contribution in [0.25, 0.3) is 10.9 Å². The van der Waals surface area contributed by atoms with Crippen LogP contribution >= 0.6 is 0 Å². The lowest BCUT2D eigenvalue weighted by atomic mass is 10.2. The molecule has 0 fully saturated rings. The largest absolute Gasteiger partial charge is 0.370 e. The maximum Gasteiger partial charge on any atom is 0.296 e. The van der Waals surface area contributed by atoms with E-state index in [1.54, 1.807) is 25.2 Å². The van der Waals surface area contributed by atoms with Gasteiger partial charge in [-0.25, -0.2) is 0 Å². The first-order valence-electron chi connectivity index (χ1n) is 5.97. The van der Waals surface area contributed by atoms with Gasteiger partial charge >= 0.3 is 0 Å². The highest BCUT2D eigenvalue weighted by Gasteiger charge is 2.11. The summed E-state index contributed by atoms with van der Waals surface area (Å²) < 4.78 is 0. The molecule has 2 amide bonds. The molecule has 1 aromatic carbocycles. The number of aliphatic imine (C=N–C) groups is 1. The zero-order valence-corrected chi connectivity index (χ0v) is 11.2. The number of guanidine groups is 1. The number of amides is 2. The molecule has 2 aromatic rings. The van der Waals surface area contributed by atoms with Crippen molar-refractivity contribution in [3.8, 4) is 0 Å². The van der Waals surface area contributed by atoms with Crippen LogP contribution in [0.2, 0.25) is 0 Å². The first-order valence-corrected chi connectivity index (χ1v) is 5.97. The molecule has 104 valence electrons. The van der Waals surface area contributed by atoms with E-state index in [9.17, 15) is 9.59 Å². The summed E-state index contributed by atoms with van der Waals surface area (Å²) >= 11 is 0. The van der Waals surface area contributed by atoms with Crippen molar-refractivity contribution >= 4 is 34.4 Å². The molecule has 7 heteroatoms. The van der Waals surface area contributed by atoms with Gasteiger partial charge in [-0.2, -0.15) is 4.99 Å². The van der Waals surface area contributed by atoms with Gasteiger partial charge in [0.2, 0.25) is 5.91 Å². The second kappa shape index (κ2) is 5.43. The summed E-state index contributed by atoms with van der Waals surface area (Å²) in [5, 5.41) is 6.02. The van der Waals surface area contributed by atoms with Crippen molar-refractivity contribution in [2.24, 2.45) is 10.7 Å². The van der Waals surface area contributed by atoms with Gasteiger partial charge in [0.05, 0.1) is 5.69 Å². The number of nitrogens with two attached hydrogens (primary N) is 1. The maximum absolute atomic E-state index is 11.9. The Bertz CT molecular complexity index is 702. The smallest absolute Gasteiger partial charge is 0.296 e. The van der Waals surface area contributed by atoms with Crippen molar-refractivity contribution in [1.82, 2.24) is 10.3 Å². The molecule has 0 atom stereocenters. The van der Waals surface area contributed by atoms with E-state index in [2.05, 4.69) is 20.6 Å². The average Bonchev–Trinajstić information content (AvgIpc) is 2.83. The van der Waals surface area contributed by atoms with Crippen LogP contribution in [0.4, 0.5) is 5.69 Å². The van der Waals surface area contributed by atoms with Crippen molar-refractivity contribution in [3.05, 3.63) is 30.0 Å². The van der Waals surface area contributed by atoms with Crippen LogP contribution in [0.15, 0.2) is 29.3 Å². The topological polar surface area (TPSA) is 112 Å². The molecule has 0 saturated carbocycles. The van der Waals surface area contributed by atoms with Crippen molar-refractivity contribution in [1.29, 1.82) is 0 Å². The van der Waals surface area contributed by atoms with Crippen LogP contribution in [-0.2, 0) is 4.79 Å². The van der Waals surface area contributed by atoms with E-state index in [0.29, 0.717) is 11.4 Å². The third-order valence-electron chi connectivity index (χ3n) is 2.68. The molecule has 2 rings (SSSR count). The molecule has 7 nitrogen and oxygen atoms in total. The number of hydrogen-bond acceptors (Lipinski definition) is 2. The van der Waals surface area contributed by atoms with Gasteiger partial charge in [0.1, 0.15) is 5.69 Å². The molecular weight excluding hydrogens is 258 g/mol. The molecule has 0 saturated heterocycles. The molecule has 1 heterocycles. The Morgan fingerprint density at radius 2 is 2.10 bits per heavy atom. The minimum Gasteiger partial charge on any atom is -0.370 e. The van der Waals surface area contributed by atoms with Crippen LogP contribution in [-0.4, -0.2) is 29.8 Å². The fourth-order valence-corrected chi connectivity index (χ4v) is 1.79. The molecule has 0 aliphatic carbocycles. The number of H-pyrrole nitrogens is 1. The Balaban J connectivity index is 2.43. The molecule has 0 spiro atoms. The Hall–Kier alpha value is -2.83. The fourth-order valence-electron chi connectivity index (χ4n) is 1.79. The summed E-state index contributed by atoms with van der Waals surface area (Å²) in [5.41, 5.74) is 7.12. The number of carbonyl (C=O) groups excluding carboxylic acids is 2. The number of aromatic amines is 1. The van der Waals surface area contributed by atoms with Gasteiger partial charge in [-0.3, -0.25) is 9.59 Å². The zero-order chi connectivity index (χ0) is 14.7. The van der Waals surface area contributed by atoms with Gasteiger partial charge in [0.25, 0.3) is 5.91 Å². The van der Waals surface area contributed by atoms with E-state index in [-0.39, 0.29) is 11.9 Å². The van der Waals surface area contributed by atoms with Crippen LogP contribution in [0.1, 0.15) is 17.4 Å². The molecule has 0 aliphatic heterocycles. The van der Waals surface area contributed by atoms with E-state index in [1.807, 2.05) is 6.07 Å². The number of nitrogens with one attached hydrogen (secondary N) is 3. The van der Waals surface area contributed by atoms with E-state index in [0.717, 1.165) is 10.9 Å². The van der Waals surface area contributed by atoms with Crippen LogP contribution in [0, 0.1) is 0 Å². The number of fused-ring (bicyclic) bond motifs is 1. The predicted molar refractivity (Wildman–Crippen MR) is 77.6 cm³/mol. The molecule has 0 unspecified atom stereocenters. The third-order valence-corrected chi connectivity index (χ3v) is 2.68. The fraction of sp³-hybridized carbons (Fsp3) is 0.154. The summed E-state index contributed by atoms with van der Waals surface area (Å²) in [4.78, 5) is 29.7. The van der Waals surface area contributed by atoms with Gasteiger partial charge in [-0.1, -0.05) is 6.07 Å². The number of benzene rings is 1. The highest BCUT2D eigenvalue weighted by atomic mass is 16.2. The second-order valence-corrected chi connectivity index (χ2v) is 4.18. The lowest BCUT2D eigenvalue weighted by molar-refractivity contribution is -0.114. The molecule has 0 aliphatic rings. The summed E-state index contributed by atoms with van der Waals surface area (Å²) in [7, 11) is 1.58. The predicted octanol–water partition coefficient (Wildman–Crippen LogP) is 0.801. The van der Waals surface area contributed by atoms with E-state index in [1.165, 1.54) is 6.92 Å².